The fourth-order valence-electron chi connectivity index (χ4n) is 5.98. The van der Waals surface area contributed by atoms with Crippen LogP contribution in [0.5, 0.6) is 0 Å². The van der Waals surface area contributed by atoms with Crippen molar-refractivity contribution in [2.45, 2.75) is 219 Å². The van der Waals surface area contributed by atoms with E-state index in [1.165, 1.54) is 122 Å². The highest BCUT2D eigenvalue weighted by Gasteiger charge is 2.14. The van der Waals surface area contributed by atoms with Crippen LogP contribution in [0.1, 0.15) is 213 Å². The van der Waals surface area contributed by atoms with Crippen molar-refractivity contribution in [3.63, 3.8) is 0 Å². The Morgan fingerprint density at radius 1 is 0.543 bits per heavy atom. The van der Waals surface area contributed by atoms with E-state index in [4.69, 9.17) is 9.84 Å². The van der Waals surface area contributed by atoms with E-state index < -0.39 is 5.97 Å². The first-order chi connectivity index (χ1) is 22.5. The van der Waals surface area contributed by atoms with Crippen molar-refractivity contribution in [3.8, 4) is 0 Å². The third-order valence-electron chi connectivity index (χ3n) is 8.94. The summed E-state index contributed by atoms with van der Waals surface area (Å²) in [6.45, 7) is 4.21. The van der Waals surface area contributed by atoms with Crippen LogP contribution in [0, 0.1) is 0 Å². The molecule has 0 radical (unpaired) electrons. The van der Waals surface area contributed by atoms with Crippen molar-refractivity contribution in [1.82, 2.24) is 5.32 Å². The van der Waals surface area contributed by atoms with Gasteiger partial charge in [0, 0.05) is 12.8 Å². The predicted molar refractivity (Wildman–Crippen MR) is 194 cm³/mol. The van der Waals surface area contributed by atoms with E-state index in [2.05, 4.69) is 31.3 Å². The number of carbonyl (C=O) groups excluding carboxylic acids is 2. The number of ether oxygens (including phenoxy) is 1. The first-order valence-corrected chi connectivity index (χ1v) is 19.8. The molecule has 0 heterocycles. The molecule has 6 nitrogen and oxygen atoms in total. The van der Waals surface area contributed by atoms with Crippen LogP contribution in [0.4, 0.5) is 0 Å². The summed E-state index contributed by atoms with van der Waals surface area (Å²) in [5.74, 6) is -1.23. The van der Waals surface area contributed by atoms with Gasteiger partial charge in [0.25, 0.3) is 0 Å². The van der Waals surface area contributed by atoms with Gasteiger partial charge in [-0.05, 0) is 64.2 Å². The number of allylic oxidation sites excluding steroid dienone is 2. The highest BCUT2D eigenvalue weighted by Crippen LogP contribution is 2.19. The van der Waals surface area contributed by atoms with Crippen LogP contribution in [0.15, 0.2) is 12.2 Å². The third kappa shape index (κ3) is 35.0. The molecule has 0 spiro atoms. The number of amides is 1. The Labute approximate surface area is 284 Å². The molecule has 0 fully saturated rings. The molecule has 1 amide bonds. The Hall–Kier alpha value is -1.85. The molecule has 0 saturated heterocycles. The molecular weight excluding hydrogens is 574 g/mol. The number of hydrogen-bond donors (Lipinski definition) is 2. The molecule has 0 aliphatic heterocycles. The lowest BCUT2D eigenvalue weighted by Gasteiger charge is -2.18. The van der Waals surface area contributed by atoms with Gasteiger partial charge in [-0.25, -0.2) is 0 Å². The molecule has 0 aliphatic rings. The second kappa shape index (κ2) is 36.0. The maximum atomic E-state index is 12.7. The van der Waals surface area contributed by atoms with Gasteiger partial charge in [0.1, 0.15) is 12.6 Å². The van der Waals surface area contributed by atoms with Gasteiger partial charge in [-0.15, -0.1) is 0 Å². The normalized spacial score (nSPS) is 12.0. The van der Waals surface area contributed by atoms with E-state index in [1.807, 2.05) is 0 Å². The van der Waals surface area contributed by atoms with Crippen molar-refractivity contribution in [1.29, 1.82) is 0 Å². The smallest absolute Gasteiger partial charge is 0.322 e. The van der Waals surface area contributed by atoms with Crippen LogP contribution in [0.2, 0.25) is 0 Å². The van der Waals surface area contributed by atoms with Crippen LogP contribution in [-0.2, 0) is 19.1 Å². The van der Waals surface area contributed by atoms with Gasteiger partial charge in [-0.2, -0.15) is 0 Å². The maximum absolute atomic E-state index is 12.7. The minimum atomic E-state index is -1.02. The SMILES string of the molecule is CCCCCCCCC/C=C\CCCCCCCC(=O)OC(CCCCCCCCCC)CCCCCCCC(=O)NCC(=O)O. The Kier molecular flexibility index (Phi) is 34.5. The van der Waals surface area contributed by atoms with E-state index in [-0.39, 0.29) is 24.5 Å². The molecule has 1 unspecified atom stereocenters. The lowest BCUT2D eigenvalue weighted by Crippen LogP contribution is -2.28. The first kappa shape index (κ1) is 44.1. The van der Waals surface area contributed by atoms with Gasteiger partial charge < -0.3 is 15.2 Å². The van der Waals surface area contributed by atoms with E-state index in [0.29, 0.717) is 12.8 Å². The number of nitrogens with one attached hydrogen (secondary N) is 1. The number of unbranched alkanes of at least 4 members (excludes halogenated alkanes) is 23. The van der Waals surface area contributed by atoms with Crippen molar-refractivity contribution in [2.75, 3.05) is 6.54 Å². The lowest BCUT2D eigenvalue weighted by molar-refractivity contribution is -0.150. The highest BCUT2D eigenvalue weighted by molar-refractivity contribution is 5.80. The van der Waals surface area contributed by atoms with Crippen LogP contribution in [0.25, 0.3) is 0 Å². The monoisotopic (exact) mass is 650 g/mol. The second-order valence-electron chi connectivity index (χ2n) is 13.5. The zero-order valence-electron chi connectivity index (χ0n) is 30.4. The largest absolute Gasteiger partial charge is 0.480 e. The quantitative estimate of drug-likeness (QED) is 0.0400. The molecular formula is C40H75NO5. The summed E-state index contributed by atoms with van der Waals surface area (Å²) in [5.41, 5.74) is 0. The van der Waals surface area contributed by atoms with Crippen LogP contribution in [0.3, 0.4) is 0 Å². The van der Waals surface area contributed by atoms with E-state index in [0.717, 1.165) is 64.2 Å². The molecule has 0 aliphatic carbocycles. The standard InChI is InChI=1S/C40H75NO5/c1-3-5-7-9-11-13-14-15-16-17-18-19-20-22-27-31-35-40(45)46-37(32-28-24-21-12-10-8-6-4-2)33-29-25-23-26-30-34-38(42)41-36-39(43)44/h16-17,37H,3-15,18-36H2,1-2H3,(H,41,42)(H,43,44)/b17-16-. The minimum absolute atomic E-state index is 0.0229. The lowest BCUT2D eigenvalue weighted by atomic mass is 10.0. The molecule has 0 saturated carbocycles. The third-order valence-corrected chi connectivity index (χ3v) is 8.94. The van der Waals surface area contributed by atoms with Crippen LogP contribution in [-0.4, -0.2) is 35.6 Å². The molecule has 0 aromatic rings. The van der Waals surface area contributed by atoms with Crippen molar-refractivity contribution < 1.29 is 24.2 Å². The average molecular weight is 650 g/mol. The van der Waals surface area contributed by atoms with Gasteiger partial charge in [0.15, 0.2) is 0 Å². The summed E-state index contributed by atoms with van der Waals surface area (Å²) < 4.78 is 5.99. The fourth-order valence-corrected chi connectivity index (χ4v) is 5.98. The van der Waals surface area contributed by atoms with Crippen molar-refractivity contribution >= 4 is 17.8 Å². The van der Waals surface area contributed by atoms with Gasteiger partial charge in [-0.3, -0.25) is 14.4 Å². The summed E-state index contributed by atoms with van der Waals surface area (Å²) in [6.07, 6.45) is 40.5. The summed E-state index contributed by atoms with van der Waals surface area (Å²) >= 11 is 0. The topological polar surface area (TPSA) is 92.7 Å². The number of hydrogen-bond acceptors (Lipinski definition) is 4. The predicted octanol–water partition coefficient (Wildman–Crippen LogP) is 11.8. The number of aliphatic carboxylic acids is 1. The average Bonchev–Trinajstić information content (AvgIpc) is 3.04. The number of carboxylic acid groups (broad SMARTS) is 1. The number of rotatable bonds is 36. The Balaban J connectivity index is 4.06. The first-order valence-electron chi connectivity index (χ1n) is 19.8. The summed E-state index contributed by atoms with van der Waals surface area (Å²) in [6, 6.07) is 0. The van der Waals surface area contributed by atoms with Gasteiger partial charge in [0.05, 0.1) is 0 Å². The van der Waals surface area contributed by atoms with E-state index in [1.54, 1.807) is 0 Å². The number of carbonyl (C=O) groups is 3. The van der Waals surface area contributed by atoms with Crippen molar-refractivity contribution in [3.05, 3.63) is 12.2 Å². The molecule has 0 bridgehead atoms. The van der Waals surface area contributed by atoms with Gasteiger partial charge >= 0.3 is 11.9 Å². The summed E-state index contributed by atoms with van der Waals surface area (Å²) in [5, 5.41) is 11.1. The highest BCUT2D eigenvalue weighted by atomic mass is 16.5. The molecule has 2 N–H and O–H groups in total. The van der Waals surface area contributed by atoms with E-state index >= 15 is 0 Å². The molecule has 0 rings (SSSR count). The van der Waals surface area contributed by atoms with E-state index in [9.17, 15) is 14.4 Å². The zero-order valence-corrected chi connectivity index (χ0v) is 30.4. The summed E-state index contributed by atoms with van der Waals surface area (Å²) in [7, 11) is 0. The Bertz CT molecular complexity index is 722. The molecule has 0 aromatic carbocycles. The number of carboxylic acids is 1. The second-order valence-corrected chi connectivity index (χ2v) is 13.5. The summed E-state index contributed by atoms with van der Waals surface area (Å²) in [4.78, 5) is 34.9. The fraction of sp³-hybridized carbons (Fsp3) is 0.875. The molecule has 0 aromatic heterocycles. The van der Waals surface area contributed by atoms with Crippen LogP contribution < -0.4 is 5.32 Å². The maximum Gasteiger partial charge on any atom is 0.322 e. The zero-order chi connectivity index (χ0) is 33.8. The van der Waals surface area contributed by atoms with Gasteiger partial charge in [-0.1, -0.05) is 148 Å². The van der Waals surface area contributed by atoms with Gasteiger partial charge in [0.2, 0.25) is 5.91 Å². The van der Waals surface area contributed by atoms with Crippen LogP contribution >= 0.6 is 0 Å². The van der Waals surface area contributed by atoms with Crippen molar-refractivity contribution in [2.24, 2.45) is 0 Å². The molecule has 46 heavy (non-hydrogen) atoms. The Morgan fingerprint density at radius 2 is 0.935 bits per heavy atom. The molecule has 1 atom stereocenters. The Morgan fingerprint density at radius 3 is 1.39 bits per heavy atom. The minimum Gasteiger partial charge on any atom is -0.480 e. The molecule has 270 valence electrons. The number of esters is 1. The molecule has 6 heteroatoms.